The molecule has 0 radical (unpaired) electrons. The second-order valence-electron chi connectivity index (χ2n) is 6.62. The average Bonchev–Trinajstić information content (AvgIpc) is 2.67. The Labute approximate surface area is 155 Å². The van der Waals surface area contributed by atoms with Gasteiger partial charge < -0.3 is 10.2 Å². The van der Waals surface area contributed by atoms with Gasteiger partial charge in [0, 0.05) is 36.4 Å². The number of fused-ring (bicyclic) bond motifs is 1. The fraction of sp³-hybridized carbons (Fsp3) is 0.250. The predicted molar refractivity (Wildman–Crippen MR) is 100 cm³/mol. The first-order valence-corrected chi connectivity index (χ1v) is 8.76. The zero-order valence-electron chi connectivity index (χ0n) is 14.5. The van der Waals surface area contributed by atoms with E-state index in [1.807, 2.05) is 24.3 Å². The average molecular weight is 368 g/mol. The quantitative estimate of drug-likeness (QED) is 0.756. The summed E-state index contributed by atoms with van der Waals surface area (Å²) in [7, 11) is 0. The lowest BCUT2D eigenvalue weighted by atomic mass is 10.1. The molecule has 0 bridgehead atoms. The molecule has 0 aliphatic carbocycles. The third-order valence-corrected chi connectivity index (χ3v) is 4.61. The number of alkyl halides is 2. The maximum atomic E-state index is 13.7. The van der Waals surface area contributed by atoms with Crippen LogP contribution in [-0.2, 0) is 0 Å². The van der Waals surface area contributed by atoms with Crippen molar-refractivity contribution in [3.63, 3.8) is 0 Å². The molecule has 5 nitrogen and oxygen atoms in total. The van der Waals surface area contributed by atoms with Crippen molar-refractivity contribution in [3.05, 3.63) is 60.6 Å². The summed E-state index contributed by atoms with van der Waals surface area (Å²) in [6.07, 6.45) is 3.44. The van der Waals surface area contributed by atoms with Gasteiger partial charge in [0.05, 0.1) is 17.7 Å². The largest absolute Gasteiger partial charge is 0.365 e. The van der Waals surface area contributed by atoms with Gasteiger partial charge in [-0.15, -0.1) is 0 Å². The second kappa shape index (κ2) is 6.90. The van der Waals surface area contributed by atoms with E-state index in [1.54, 1.807) is 29.3 Å². The second-order valence-corrected chi connectivity index (χ2v) is 6.62. The standard InChI is InChI=1S/C20H18F2N4O/c21-20(22)8-3-11-26(13-20)15-7-10-23-17(12-15)19(27)25-16-6-1-4-14-5-2-9-24-18(14)16/h1-2,4-7,9-10,12H,3,8,11,13H2,(H,25,27). The number of hydrogen-bond acceptors (Lipinski definition) is 4. The van der Waals surface area contributed by atoms with Crippen LogP contribution in [-0.4, -0.2) is 34.9 Å². The summed E-state index contributed by atoms with van der Waals surface area (Å²) < 4.78 is 27.4. The lowest BCUT2D eigenvalue weighted by Gasteiger charge is -2.34. The smallest absolute Gasteiger partial charge is 0.274 e. The van der Waals surface area contributed by atoms with Crippen LogP contribution in [0.15, 0.2) is 54.9 Å². The number of halogens is 2. The molecule has 1 amide bonds. The molecule has 1 N–H and O–H groups in total. The maximum Gasteiger partial charge on any atom is 0.274 e. The number of amides is 1. The molecule has 7 heteroatoms. The van der Waals surface area contributed by atoms with Gasteiger partial charge in [-0.3, -0.25) is 14.8 Å². The van der Waals surface area contributed by atoms with Crippen molar-refractivity contribution in [2.24, 2.45) is 0 Å². The molecule has 4 rings (SSSR count). The van der Waals surface area contributed by atoms with Crippen molar-refractivity contribution in [2.75, 3.05) is 23.3 Å². The zero-order valence-corrected chi connectivity index (χ0v) is 14.5. The Hall–Kier alpha value is -3.09. The number of carbonyl (C=O) groups excluding carboxylic acids is 1. The van der Waals surface area contributed by atoms with Gasteiger partial charge in [-0.2, -0.15) is 0 Å². The number of nitrogens with zero attached hydrogens (tertiary/aromatic N) is 3. The number of pyridine rings is 2. The molecule has 1 aliphatic heterocycles. The van der Waals surface area contributed by atoms with Crippen molar-refractivity contribution in [1.29, 1.82) is 0 Å². The number of rotatable bonds is 3. The van der Waals surface area contributed by atoms with Gasteiger partial charge in [-0.05, 0) is 30.7 Å². The molecule has 1 aliphatic rings. The molecule has 3 heterocycles. The Morgan fingerprint density at radius 2 is 1.96 bits per heavy atom. The van der Waals surface area contributed by atoms with Crippen molar-refractivity contribution < 1.29 is 13.6 Å². The van der Waals surface area contributed by atoms with Crippen LogP contribution in [0.5, 0.6) is 0 Å². The first-order valence-electron chi connectivity index (χ1n) is 8.76. The Kier molecular flexibility index (Phi) is 4.43. The lowest BCUT2D eigenvalue weighted by molar-refractivity contribution is -0.0116. The topological polar surface area (TPSA) is 58.1 Å². The van der Waals surface area contributed by atoms with E-state index in [0.29, 0.717) is 29.9 Å². The molecule has 3 aromatic rings. The van der Waals surface area contributed by atoms with Crippen molar-refractivity contribution in [3.8, 4) is 0 Å². The molecule has 1 fully saturated rings. The van der Waals surface area contributed by atoms with E-state index in [4.69, 9.17) is 0 Å². The number of hydrogen-bond donors (Lipinski definition) is 1. The number of piperidine rings is 1. The summed E-state index contributed by atoms with van der Waals surface area (Å²) >= 11 is 0. The SMILES string of the molecule is O=C(Nc1cccc2cccnc12)c1cc(N2CCCC(F)(F)C2)ccn1. The summed E-state index contributed by atoms with van der Waals surface area (Å²) in [4.78, 5) is 22.7. The van der Waals surface area contributed by atoms with Crippen LogP contribution in [0, 0.1) is 0 Å². The third-order valence-electron chi connectivity index (χ3n) is 4.61. The summed E-state index contributed by atoms with van der Waals surface area (Å²) in [5.74, 6) is -3.11. The molecule has 0 spiro atoms. The van der Waals surface area contributed by atoms with E-state index >= 15 is 0 Å². The van der Waals surface area contributed by atoms with Crippen LogP contribution in [0.1, 0.15) is 23.3 Å². The minimum atomic E-state index is -2.71. The van der Waals surface area contributed by atoms with Gasteiger partial charge in [-0.1, -0.05) is 18.2 Å². The molecule has 0 unspecified atom stereocenters. The molecular weight excluding hydrogens is 350 g/mol. The van der Waals surface area contributed by atoms with E-state index in [2.05, 4.69) is 15.3 Å². The predicted octanol–water partition coefficient (Wildman–Crippen LogP) is 4.12. The lowest BCUT2D eigenvalue weighted by Crippen LogP contribution is -2.42. The molecule has 1 saturated heterocycles. The Bertz CT molecular complexity index is 987. The Morgan fingerprint density at radius 3 is 2.81 bits per heavy atom. The van der Waals surface area contributed by atoms with Crippen molar-refractivity contribution in [2.45, 2.75) is 18.8 Å². The fourth-order valence-electron chi connectivity index (χ4n) is 3.32. The zero-order chi connectivity index (χ0) is 18.9. The Balaban J connectivity index is 1.57. The first-order chi connectivity index (χ1) is 13.0. The third kappa shape index (κ3) is 3.72. The number of anilines is 2. The first kappa shape index (κ1) is 17.3. The normalized spacial score (nSPS) is 16.3. The van der Waals surface area contributed by atoms with Gasteiger partial charge in [-0.25, -0.2) is 8.78 Å². The monoisotopic (exact) mass is 368 g/mol. The number of para-hydroxylation sites is 1. The Morgan fingerprint density at radius 1 is 1.11 bits per heavy atom. The number of nitrogens with one attached hydrogen (secondary N) is 1. The van der Waals surface area contributed by atoms with E-state index in [1.165, 1.54) is 6.20 Å². The van der Waals surface area contributed by atoms with Gasteiger partial charge in [0.25, 0.3) is 11.8 Å². The molecule has 1 aromatic carbocycles. The minimum Gasteiger partial charge on any atom is -0.365 e. The highest BCUT2D eigenvalue weighted by Crippen LogP contribution is 2.30. The van der Waals surface area contributed by atoms with Gasteiger partial charge in [0.2, 0.25) is 0 Å². The van der Waals surface area contributed by atoms with Gasteiger partial charge >= 0.3 is 0 Å². The summed E-state index contributed by atoms with van der Waals surface area (Å²) in [5, 5.41) is 3.73. The van der Waals surface area contributed by atoms with Crippen molar-refractivity contribution in [1.82, 2.24) is 9.97 Å². The highest BCUT2D eigenvalue weighted by atomic mass is 19.3. The molecule has 27 heavy (non-hydrogen) atoms. The molecular formula is C20H18F2N4O. The molecule has 0 saturated carbocycles. The van der Waals surface area contributed by atoms with Crippen LogP contribution in [0.2, 0.25) is 0 Å². The van der Waals surface area contributed by atoms with Crippen LogP contribution in [0.25, 0.3) is 10.9 Å². The van der Waals surface area contributed by atoms with E-state index < -0.39 is 11.8 Å². The number of carbonyl (C=O) groups is 1. The highest BCUT2D eigenvalue weighted by Gasteiger charge is 2.35. The van der Waals surface area contributed by atoms with E-state index in [-0.39, 0.29) is 18.7 Å². The van der Waals surface area contributed by atoms with Gasteiger partial charge in [0.15, 0.2) is 0 Å². The van der Waals surface area contributed by atoms with Gasteiger partial charge in [0.1, 0.15) is 5.69 Å². The summed E-state index contributed by atoms with van der Waals surface area (Å²) in [6, 6.07) is 12.4. The highest BCUT2D eigenvalue weighted by molar-refractivity contribution is 6.07. The fourth-order valence-corrected chi connectivity index (χ4v) is 3.32. The van der Waals surface area contributed by atoms with Crippen molar-refractivity contribution >= 4 is 28.2 Å². The van der Waals surface area contributed by atoms with Crippen LogP contribution < -0.4 is 10.2 Å². The van der Waals surface area contributed by atoms with E-state index in [0.717, 1.165) is 5.39 Å². The number of aromatic nitrogens is 2. The number of benzene rings is 1. The van der Waals surface area contributed by atoms with Crippen LogP contribution in [0.4, 0.5) is 20.2 Å². The summed E-state index contributed by atoms with van der Waals surface area (Å²) in [5.41, 5.74) is 2.01. The molecule has 2 aromatic heterocycles. The van der Waals surface area contributed by atoms with Crippen LogP contribution in [0.3, 0.4) is 0 Å². The van der Waals surface area contributed by atoms with E-state index in [9.17, 15) is 13.6 Å². The molecule has 138 valence electrons. The molecule has 0 atom stereocenters. The summed E-state index contributed by atoms with van der Waals surface area (Å²) in [6.45, 7) is 0.194. The minimum absolute atomic E-state index is 0.101. The van der Waals surface area contributed by atoms with Crippen LogP contribution >= 0.6 is 0 Å². The maximum absolute atomic E-state index is 13.7.